The van der Waals surface area contributed by atoms with Crippen LogP contribution in [0.2, 0.25) is 0 Å². The molecule has 9 heteroatoms. The highest BCUT2D eigenvalue weighted by atomic mass is 16.3. The second-order valence-corrected chi connectivity index (χ2v) is 10.5. The zero-order valence-corrected chi connectivity index (χ0v) is 21.8. The lowest BCUT2D eigenvalue weighted by molar-refractivity contribution is -0.140. The van der Waals surface area contributed by atoms with Crippen molar-refractivity contribution in [1.82, 2.24) is 15.1 Å². The molecule has 5 rings (SSSR count). The molecular weight excluding hydrogens is 484 g/mol. The fourth-order valence-corrected chi connectivity index (χ4v) is 5.90. The number of hydrogen-bond donors (Lipinski definition) is 1. The molecule has 3 heterocycles. The molecule has 1 N–H and O–H groups in total. The molecule has 0 radical (unpaired) electrons. The summed E-state index contributed by atoms with van der Waals surface area (Å²) in [5.74, 6) is 0.536. The van der Waals surface area contributed by atoms with E-state index < -0.39 is 0 Å². The van der Waals surface area contributed by atoms with Gasteiger partial charge in [0, 0.05) is 44.2 Å². The summed E-state index contributed by atoms with van der Waals surface area (Å²) in [4.78, 5) is 56.2. The van der Waals surface area contributed by atoms with Crippen LogP contribution < -0.4 is 10.2 Å². The van der Waals surface area contributed by atoms with Gasteiger partial charge in [-0.1, -0.05) is 25.0 Å². The lowest BCUT2D eigenvalue weighted by Crippen LogP contribution is -2.62. The van der Waals surface area contributed by atoms with Crippen LogP contribution in [0.1, 0.15) is 69.1 Å². The summed E-state index contributed by atoms with van der Waals surface area (Å²) in [5, 5.41) is 2.83. The van der Waals surface area contributed by atoms with Gasteiger partial charge in [0.2, 0.25) is 17.7 Å². The van der Waals surface area contributed by atoms with Gasteiger partial charge in [-0.3, -0.25) is 19.3 Å². The van der Waals surface area contributed by atoms with E-state index in [0.717, 1.165) is 49.9 Å². The summed E-state index contributed by atoms with van der Waals surface area (Å²) >= 11 is 0. The molecule has 3 fully saturated rings. The number of rotatable bonds is 10. The normalized spacial score (nSPS) is 21.7. The Morgan fingerprint density at radius 1 is 1.00 bits per heavy atom. The molecule has 1 saturated carbocycles. The molecule has 0 bridgehead atoms. The van der Waals surface area contributed by atoms with Crippen LogP contribution in [-0.4, -0.2) is 52.7 Å². The predicted molar refractivity (Wildman–Crippen MR) is 141 cm³/mol. The van der Waals surface area contributed by atoms with E-state index in [9.17, 15) is 19.2 Å². The van der Waals surface area contributed by atoms with Crippen molar-refractivity contribution >= 4 is 29.4 Å². The second kappa shape index (κ2) is 11.8. The standard InChI is InChI=1S/C29H36N4O5/c34-26(30-19-23-7-6-18-38-23)10-3-4-16-32-28(36)24-8-1-2-9-25(24)33(29(32)37)20-21-12-14-22(15-13-21)31-17-5-11-27(31)35/h6-7,12-15,18,24-25H,1-5,8-11,16-17,19-20H2,(H,30,34). The number of fused-ring (bicyclic) bond motifs is 1. The van der Waals surface area contributed by atoms with Crippen molar-refractivity contribution in [3.63, 3.8) is 0 Å². The third-order valence-corrected chi connectivity index (χ3v) is 7.94. The second-order valence-electron chi connectivity index (χ2n) is 10.5. The van der Waals surface area contributed by atoms with Gasteiger partial charge >= 0.3 is 6.03 Å². The summed E-state index contributed by atoms with van der Waals surface area (Å²) in [6, 6.07) is 11.1. The first-order valence-corrected chi connectivity index (χ1v) is 13.8. The molecule has 0 spiro atoms. The number of imide groups is 1. The van der Waals surface area contributed by atoms with E-state index in [1.54, 1.807) is 18.4 Å². The average Bonchev–Trinajstić information content (AvgIpc) is 3.61. The number of urea groups is 1. The molecular formula is C29H36N4O5. The molecule has 2 saturated heterocycles. The van der Waals surface area contributed by atoms with Gasteiger partial charge in [0.15, 0.2) is 0 Å². The first kappa shape index (κ1) is 26.0. The van der Waals surface area contributed by atoms with Crippen molar-refractivity contribution in [3.05, 3.63) is 54.0 Å². The number of nitrogens with one attached hydrogen (secondary N) is 1. The first-order valence-electron chi connectivity index (χ1n) is 13.8. The molecule has 2 atom stereocenters. The molecule has 5 amide bonds. The summed E-state index contributed by atoms with van der Waals surface area (Å²) < 4.78 is 5.23. The molecule has 1 aliphatic carbocycles. The SMILES string of the molecule is O=C(CCCCN1C(=O)C2CCCCC2N(Cc2ccc(N3CCCC3=O)cc2)C1=O)NCc1ccco1. The van der Waals surface area contributed by atoms with Crippen LogP contribution in [0, 0.1) is 5.92 Å². The fourth-order valence-electron chi connectivity index (χ4n) is 5.90. The Labute approximate surface area is 223 Å². The van der Waals surface area contributed by atoms with Gasteiger partial charge in [-0.25, -0.2) is 4.79 Å². The molecule has 2 aromatic rings. The summed E-state index contributed by atoms with van der Waals surface area (Å²) in [6.45, 7) is 1.85. The molecule has 9 nitrogen and oxygen atoms in total. The lowest BCUT2D eigenvalue weighted by atomic mass is 9.81. The lowest BCUT2D eigenvalue weighted by Gasteiger charge is -2.47. The Bertz CT molecular complexity index is 1150. The van der Waals surface area contributed by atoms with Gasteiger partial charge in [0.1, 0.15) is 5.76 Å². The maximum atomic E-state index is 13.6. The van der Waals surface area contributed by atoms with E-state index in [2.05, 4.69) is 5.32 Å². The van der Waals surface area contributed by atoms with Crippen molar-refractivity contribution in [2.75, 3.05) is 18.0 Å². The van der Waals surface area contributed by atoms with Crippen LogP contribution in [0.4, 0.5) is 10.5 Å². The van der Waals surface area contributed by atoms with Gasteiger partial charge in [0.25, 0.3) is 0 Å². The van der Waals surface area contributed by atoms with Gasteiger partial charge in [-0.15, -0.1) is 0 Å². The zero-order chi connectivity index (χ0) is 26.5. The zero-order valence-electron chi connectivity index (χ0n) is 21.8. The highest BCUT2D eigenvalue weighted by molar-refractivity contribution is 5.99. The minimum absolute atomic E-state index is 0.0684. The van der Waals surface area contributed by atoms with Crippen LogP contribution >= 0.6 is 0 Å². The Kier molecular flexibility index (Phi) is 8.10. The van der Waals surface area contributed by atoms with E-state index in [4.69, 9.17) is 4.42 Å². The summed E-state index contributed by atoms with van der Waals surface area (Å²) in [6.07, 6.45) is 8.19. The quantitative estimate of drug-likeness (QED) is 0.473. The minimum atomic E-state index is -0.237. The van der Waals surface area contributed by atoms with Crippen molar-refractivity contribution in [3.8, 4) is 0 Å². The number of nitrogens with zero attached hydrogens (tertiary/aromatic N) is 3. The maximum absolute atomic E-state index is 13.6. The van der Waals surface area contributed by atoms with Gasteiger partial charge < -0.3 is 19.5 Å². The monoisotopic (exact) mass is 520 g/mol. The van der Waals surface area contributed by atoms with E-state index in [1.165, 1.54) is 4.90 Å². The molecule has 1 aromatic carbocycles. The highest BCUT2D eigenvalue weighted by Crippen LogP contribution is 2.36. The van der Waals surface area contributed by atoms with Crippen molar-refractivity contribution < 1.29 is 23.6 Å². The van der Waals surface area contributed by atoms with Crippen LogP contribution in [0.5, 0.6) is 0 Å². The Morgan fingerprint density at radius 2 is 1.82 bits per heavy atom. The minimum Gasteiger partial charge on any atom is -0.467 e. The predicted octanol–water partition coefficient (Wildman–Crippen LogP) is 4.22. The third kappa shape index (κ3) is 5.76. The van der Waals surface area contributed by atoms with Gasteiger partial charge in [-0.05, 0) is 61.9 Å². The van der Waals surface area contributed by atoms with Gasteiger partial charge in [0.05, 0.1) is 18.7 Å². The van der Waals surface area contributed by atoms with E-state index in [0.29, 0.717) is 51.1 Å². The molecule has 2 unspecified atom stereocenters. The smallest absolute Gasteiger partial charge is 0.327 e. The van der Waals surface area contributed by atoms with Crippen LogP contribution in [-0.2, 0) is 27.5 Å². The number of amides is 5. The number of anilines is 1. The van der Waals surface area contributed by atoms with Crippen molar-refractivity contribution in [2.45, 2.75) is 76.9 Å². The van der Waals surface area contributed by atoms with Crippen molar-refractivity contribution in [2.24, 2.45) is 5.92 Å². The number of furan rings is 1. The summed E-state index contributed by atoms with van der Waals surface area (Å²) in [7, 11) is 0. The molecule has 2 aliphatic heterocycles. The topological polar surface area (TPSA) is 103 Å². The molecule has 1 aromatic heterocycles. The van der Waals surface area contributed by atoms with E-state index in [-0.39, 0.29) is 35.7 Å². The third-order valence-electron chi connectivity index (χ3n) is 7.94. The van der Waals surface area contributed by atoms with Crippen LogP contribution in [0.15, 0.2) is 47.1 Å². The number of carbonyl (C=O) groups is 4. The highest BCUT2D eigenvalue weighted by Gasteiger charge is 2.46. The number of benzene rings is 1. The Hall–Kier alpha value is -3.62. The molecule has 3 aliphatic rings. The fraction of sp³-hybridized carbons (Fsp3) is 0.517. The van der Waals surface area contributed by atoms with Crippen LogP contribution in [0.3, 0.4) is 0 Å². The van der Waals surface area contributed by atoms with E-state index in [1.807, 2.05) is 34.1 Å². The molecule has 38 heavy (non-hydrogen) atoms. The summed E-state index contributed by atoms with van der Waals surface area (Å²) in [5.41, 5.74) is 1.88. The largest absolute Gasteiger partial charge is 0.467 e. The number of hydrogen-bond acceptors (Lipinski definition) is 5. The number of unbranched alkanes of at least 4 members (excludes halogenated alkanes) is 1. The number of carbonyl (C=O) groups excluding carboxylic acids is 4. The van der Waals surface area contributed by atoms with E-state index >= 15 is 0 Å². The first-order chi connectivity index (χ1) is 18.5. The maximum Gasteiger partial charge on any atom is 0.327 e. The Balaban J connectivity index is 1.18. The average molecular weight is 521 g/mol. The van der Waals surface area contributed by atoms with Crippen LogP contribution in [0.25, 0.3) is 0 Å². The Morgan fingerprint density at radius 3 is 2.55 bits per heavy atom. The van der Waals surface area contributed by atoms with Gasteiger partial charge in [-0.2, -0.15) is 0 Å². The van der Waals surface area contributed by atoms with Crippen molar-refractivity contribution in [1.29, 1.82) is 0 Å². The molecule has 202 valence electrons.